The van der Waals surface area contributed by atoms with E-state index in [9.17, 15) is 23.2 Å². The molecule has 2 fully saturated rings. The van der Waals surface area contributed by atoms with Crippen LogP contribution in [0.2, 0.25) is 10.0 Å². The summed E-state index contributed by atoms with van der Waals surface area (Å²) in [6.45, 7) is 3.61. The molecular weight excluding hydrogens is 1050 g/mol. The van der Waals surface area contributed by atoms with E-state index < -0.39 is 29.4 Å². The van der Waals surface area contributed by atoms with E-state index in [0.29, 0.717) is 90.0 Å². The van der Waals surface area contributed by atoms with Crippen molar-refractivity contribution in [3.63, 3.8) is 0 Å². The fraction of sp³-hybridized carbons (Fsp3) is 0.245. The number of rotatable bonds is 15. The van der Waals surface area contributed by atoms with E-state index in [4.69, 9.17) is 58.1 Å². The second kappa shape index (κ2) is 22.1. The van der Waals surface area contributed by atoms with Gasteiger partial charge < -0.3 is 39.5 Å². The van der Waals surface area contributed by atoms with Crippen LogP contribution < -0.4 is 25.0 Å². The van der Waals surface area contributed by atoms with Crippen molar-refractivity contribution in [3.05, 3.63) is 142 Å². The molecule has 2 aliphatic rings. The van der Waals surface area contributed by atoms with Crippen LogP contribution in [0.3, 0.4) is 0 Å². The van der Waals surface area contributed by atoms with Gasteiger partial charge in [-0.1, -0.05) is 47.5 Å². The van der Waals surface area contributed by atoms with Gasteiger partial charge in [-0.05, 0) is 96.9 Å². The minimum Gasteiger partial charge on any atom is -0.484 e. The topological polar surface area (TPSA) is 187 Å². The van der Waals surface area contributed by atoms with E-state index in [-0.39, 0.29) is 75.3 Å². The standard InChI is InChI=1S/C53H45Cl2F2N9O7S2/c1-2-71-53(70)43(47-59-49(38-27-39(74-51(38)61-47)30-3-11-34(56)12-4-30)65-23-19-63(20-24-65)40(67)28-72-36-15-7-32(54)8-16-36)42-44-50(60-48(46(58)69)62-52(44)75-45(42)31-5-13-35(57)14-6-31)66-25-21-64(22-26-66)41(68)29-73-37-17-9-33(55)10-18-37/h3-18,27,43H,2,19-26,28-29H2,1H3,(H2,58,69). The van der Waals surface area contributed by atoms with Crippen LogP contribution in [0.15, 0.2) is 103 Å². The summed E-state index contributed by atoms with van der Waals surface area (Å²) in [6.07, 6.45) is 0. The van der Waals surface area contributed by atoms with Crippen LogP contribution in [0.25, 0.3) is 41.3 Å². The van der Waals surface area contributed by atoms with Gasteiger partial charge in [0.15, 0.2) is 19.0 Å². The number of benzene rings is 4. The third kappa shape index (κ3) is 11.1. The van der Waals surface area contributed by atoms with Gasteiger partial charge in [-0.3, -0.25) is 19.2 Å². The molecule has 0 bridgehead atoms. The fourth-order valence-electron chi connectivity index (χ4n) is 8.93. The maximum Gasteiger partial charge on any atom is 0.321 e. The highest BCUT2D eigenvalue weighted by Gasteiger charge is 2.38. The Bertz CT molecular complexity index is 3430. The zero-order valence-electron chi connectivity index (χ0n) is 40.0. The van der Waals surface area contributed by atoms with Gasteiger partial charge in [-0.2, -0.15) is 0 Å². The SMILES string of the molecule is CCOC(=O)C(c1nc(N2CCN(C(=O)COc3ccc(Cl)cc3)CC2)c2cc(-c3ccc(F)cc3)sc2n1)c1c(-c2ccc(F)cc2)sc2nc(C(N)=O)nc(N3CCN(C(=O)COc4ccc(Cl)cc4)CC3)c12. The molecule has 384 valence electrons. The van der Waals surface area contributed by atoms with E-state index in [1.54, 1.807) is 89.5 Å². The average molecular weight is 1090 g/mol. The van der Waals surface area contributed by atoms with E-state index in [1.807, 2.05) is 15.9 Å². The molecular formula is C53H45Cl2F2N9O7S2. The monoisotopic (exact) mass is 1090 g/mol. The predicted octanol–water partition coefficient (Wildman–Crippen LogP) is 8.86. The lowest BCUT2D eigenvalue weighted by atomic mass is 9.93. The quantitative estimate of drug-likeness (QED) is 0.0961. The number of hydrogen-bond acceptors (Lipinski definition) is 15. The maximum absolute atomic E-state index is 15.0. The van der Waals surface area contributed by atoms with E-state index in [0.717, 1.165) is 21.8 Å². The van der Waals surface area contributed by atoms with Crippen LogP contribution in [0.4, 0.5) is 20.4 Å². The molecule has 2 saturated heterocycles. The summed E-state index contributed by atoms with van der Waals surface area (Å²) < 4.78 is 46.3. The Labute approximate surface area is 446 Å². The number of thiophene rings is 2. The van der Waals surface area contributed by atoms with Crippen molar-refractivity contribution >= 4 is 102 Å². The molecule has 2 N–H and O–H groups in total. The Morgan fingerprint density at radius 3 is 1.68 bits per heavy atom. The Hall–Kier alpha value is -7.52. The third-order valence-electron chi connectivity index (χ3n) is 12.7. The second-order valence-electron chi connectivity index (χ2n) is 17.4. The Morgan fingerprint density at radius 1 is 0.640 bits per heavy atom. The van der Waals surface area contributed by atoms with Crippen molar-refractivity contribution in [3.8, 4) is 32.4 Å². The molecule has 0 spiro atoms. The molecule has 22 heteroatoms. The summed E-state index contributed by atoms with van der Waals surface area (Å²) in [4.78, 5) is 84.1. The number of ether oxygens (including phenoxy) is 3. The zero-order valence-corrected chi connectivity index (χ0v) is 43.2. The van der Waals surface area contributed by atoms with Gasteiger partial charge in [0, 0.05) is 77.7 Å². The molecule has 6 heterocycles. The molecule has 0 aliphatic carbocycles. The number of nitrogens with zero attached hydrogens (tertiary/aromatic N) is 8. The zero-order chi connectivity index (χ0) is 52.3. The minimum absolute atomic E-state index is 0.0171. The summed E-state index contributed by atoms with van der Waals surface area (Å²) in [6, 6.07) is 27.2. The summed E-state index contributed by atoms with van der Waals surface area (Å²) >= 11 is 14.5. The lowest BCUT2D eigenvalue weighted by molar-refractivity contribution is -0.144. The maximum atomic E-state index is 15.0. The number of halogens is 4. The first kappa shape index (κ1) is 51.0. The Kier molecular flexibility index (Phi) is 15.0. The van der Waals surface area contributed by atoms with Crippen molar-refractivity contribution in [1.82, 2.24) is 29.7 Å². The lowest BCUT2D eigenvalue weighted by Crippen LogP contribution is -2.50. The van der Waals surface area contributed by atoms with E-state index in [2.05, 4.69) is 4.98 Å². The van der Waals surface area contributed by atoms with Gasteiger partial charge in [-0.15, -0.1) is 22.7 Å². The van der Waals surface area contributed by atoms with Gasteiger partial charge in [0.25, 0.3) is 17.7 Å². The summed E-state index contributed by atoms with van der Waals surface area (Å²) in [5, 5.41) is 2.12. The number of fused-ring (bicyclic) bond motifs is 2. The van der Waals surface area contributed by atoms with Crippen LogP contribution in [0.5, 0.6) is 11.5 Å². The molecule has 2 aliphatic heterocycles. The minimum atomic E-state index is -1.37. The van der Waals surface area contributed by atoms with Crippen LogP contribution in [-0.4, -0.2) is 126 Å². The van der Waals surface area contributed by atoms with E-state index >= 15 is 4.79 Å². The van der Waals surface area contributed by atoms with Crippen molar-refractivity contribution in [2.75, 3.05) is 82.0 Å². The lowest BCUT2D eigenvalue weighted by Gasteiger charge is -2.36. The Morgan fingerprint density at radius 2 is 1.16 bits per heavy atom. The molecule has 4 aromatic carbocycles. The van der Waals surface area contributed by atoms with Gasteiger partial charge in [0.05, 0.1) is 17.4 Å². The van der Waals surface area contributed by atoms with Crippen molar-refractivity contribution in [1.29, 1.82) is 0 Å². The van der Waals surface area contributed by atoms with Gasteiger partial charge in [-0.25, -0.2) is 28.7 Å². The van der Waals surface area contributed by atoms with Crippen molar-refractivity contribution in [2.24, 2.45) is 5.73 Å². The van der Waals surface area contributed by atoms with Gasteiger partial charge >= 0.3 is 5.97 Å². The summed E-state index contributed by atoms with van der Waals surface area (Å²) in [5.41, 5.74) is 7.48. The summed E-state index contributed by atoms with van der Waals surface area (Å²) in [7, 11) is 0. The number of aromatic nitrogens is 4. The second-order valence-corrected chi connectivity index (χ2v) is 20.3. The number of piperazine rings is 2. The molecule has 3 amide bonds. The highest BCUT2D eigenvalue weighted by molar-refractivity contribution is 7.22. The number of anilines is 2. The van der Waals surface area contributed by atoms with Crippen molar-refractivity contribution < 1.29 is 42.2 Å². The van der Waals surface area contributed by atoms with Crippen LogP contribution >= 0.6 is 45.9 Å². The number of nitrogens with two attached hydrogens (primary N) is 1. The normalized spacial score (nSPS) is 14.3. The number of esters is 1. The highest BCUT2D eigenvalue weighted by Crippen LogP contribution is 2.48. The molecule has 75 heavy (non-hydrogen) atoms. The first-order chi connectivity index (χ1) is 36.3. The molecule has 1 unspecified atom stereocenters. The molecule has 0 saturated carbocycles. The fourth-order valence-corrected chi connectivity index (χ4v) is 11.4. The molecule has 1 atom stereocenters. The molecule has 8 aromatic rings. The molecule has 0 radical (unpaired) electrons. The predicted molar refractivity (Wildman–Crippen MR) is 284 cm³/mol. The Balaban J connectivity index is 1.06. The molecule has 16 nitrogen and oxygen atoms in total. The van der Waals surface area contributed by atoms with Gasteiger partial charge in [0.2, 0.25) is 5.82 Å². The van der Waals surface area contributed by atoms with Crippen LogP contribution in [0, 0.1) is 11.6 Å². The number of primary amides is 1. The smallest absolute Gasteiger partial charge is 0.321 e. The van der Waals surface area contributed by atoms with E-state index in [1.165, 1.54) is 35.6 Å². The number of carbonyl (C=O) groups excluding carboxylic acids is 4. The summed E-state index contributed by atoms with van der Waals surface area (Å²) in [5.74, 6) is -2.80. The number of carbonyl (C=O) groups is 4. The highest BCUT2D eigenvalue weighted by atomic mass is 35.5. The third-order valence-corrected chi connectivity index (χ3v) is 15.4. The number of hydrogen-bond donors (Lipinski definition) is 1. The number of amides is 3. The van der Waals surface area contributed by atoms with Crippen molar-refractivity contribution in [2.45, 2.75) is 12.8 Å². The average Bonchev–Trinajstić information content (AvgIpc) is 4.03. The molecule has 4 aromatic heterocycles. The largest absolute Gasteiger partial charge is 0.484 e. The molecule has 10 rings (SSSR count). The first-order valence-corrected chi connectivity index (χ1v) is 26.2. The van der Waals surface area contributed by atoms with Crippen LogP contribution in [-0.2, 0) is 19.1 Å². The first-order valence-electron chi connectivity index (χ1n) is 23.8. The van der Waals surface area contributed by atoms with Crippen LogP contribution in [0.1, 0.15) is 34.8 Å². The van der Waals surface area contributed by atoms with Gasteiger partial charge in [0.1, 0.15) is 50.3 Å².